The predicted molar refractivity (Wildman–Crippen MR) is 70.0 cm³/mol. The minimum absolute atomic E-state index is 0.325. The molecule has 0 radical (unpaired) electrons. The maximum Gasteiger partial charge on any atom is 0.255 e. The van der Waals surface area contributed by atoms with E-state index in [1.165, 1.54) is 0 Å². The second-order valence-electron chi connectivity index (χ2n) is 5.73. The third-order valence-electron chi connectivity index (χ3n) is 3.12. The minimum Gasteiger partial charge on any atom is -0.351 e. The highest BCUT2D eigenvalue weighted by molar-refractivity contribution is 6.00. The molecule has 18 heavy (non-hydrogen) atoms. The van der Waals surface area contributed by atoms with Crippen LogP contribution in [0.25, 0.3) is 0 Å². The Morgan fingerprint density at radius 1 is 1.17 bits per heavy atom. The molecule has 2 amide bonds. The van der Waals surface area contributed by atoms with Gasteiger partial charge < -0.3 is 5.32 Å². The van der Waals surface area contributed by atoms with E-state index in [2.05, 4.69) is 5.32 Å². The summed E-state index contributed by atoms with van der Waals surface area (Å²) in [6.07, 6.45) is 1.98. The monoisotopic (exact) mass is 258 g/mol. The predicted octanol–water partition coefficient (Wildman–Crippen LogP) is 1.85. The molecule has 0 aliphatic rings. The van der Waals surface area contributed by atoms with Crippen LogP contribution >= 0.6 is 0 Å². The summed E-state index contributed by atoms with van der Waals surface area (Å²) >= 11 is 0. The lowest BCUT2D eigenvalue weighted by Gasteiger charge is -2.27. The van der Waals surface area contributed by atoms with Gasteiger partial charge in [0.1, 0.15) is 5.92 Å². The molecule has 0 saturated heterocycles. The molecule has 0 aliphatic heterocycles. The average Bonchev–Trinajstić information content (AvgIpc) is 2.27. The van der Waals surface area contributed by atoms with Crippen molar-refractivity contribution < 1.29 is 14.8 Å². The molecular weight excluding hydrogens is 232 g/mol. The fourth-order valence-electron chi connectivity index (χ4n) is 1.47. The Bertz CT molecular complexity index is 288. The molecule has 0 heterocycles. The van der Waals surface area contributed by atoms with Crippen molar-refractivity contribution in [1.29, 1.82) is 0 Å². The Labute approximate surface area is 109 Å². The topological polar surface area (TPSA) is 78.4 Å². The first-order valence-corrected chi connectivity index (χ1v) is 6.49. The van der Waals surface area contributed by atoms with Crippen molar-refractivity contribution in [2.75, 3.05) is 0 Å². The molecule has 0 aromatic carbocycles. The van der Waals surface area contributed by atoms with Crippen molar-refractivity contribution in [2.24, 2.45) is 11.8 Å². The molecule has 0 saturated carbocycles. The maximum atomic E-state index is 12.0. The Kier molecular flexibility index (Phi) is 6.91. The van der Waals surface area contributed by atoms with Crippen LogP contribution in [0, 0.1) is 11.8 Å². The number of nitrogens with one attached hydrogen (secondary N) is 2. The van der Waals surface area contributed by atoms with Gasteiger partial charge in [0.2, 0.25) is 5.91 Å². The Hall–Kier alpha value is -1.10. The van der Waals surface area contributed by atoms with Gasteiger partial charge in [-0.25, -0.2) is 5.48 Å². The standard InChI is InChI=1S/C13H26N2O3/c1-6-13(4,5)14-11(16)10(12(17)15-18)8-7-9(2)3/h9-10,18H,6-8H2,1-5H3,(H,14,16)(H,15,17). The highest BCUT2D eigenvalue weighted by Gasteiger charge is 2.29. The third kappa shape index (κ3) is 6.00. The van der Waals surface area contributed by atoms with Crippen LogP contribution in [-0.4, -0.2) is 22.6 Å². The molecule has 5 heteroatoms. The van der Waals surface area contributed by atoms with Gasteiger partial charge in [0.15, 0.2) is 0 Å². The van der Waals surface area contributed by atoms with Crippen LogP contribution in [-0.2, 0) is 9.59 Å². The van der Waals surface area contributed by atoms with Crippen molar-refractivity contribution in [1.82, 2.24) is 10.8 Å². The molecule has 0 bridgehead atoms. The molecule has 1 unspecified atom stereocenters. The van der Waals surface area contributed by atoms with Crippen LogP contribution in [0.2, 0.25) is 0 Å². The van der Waals surface area contributed by atoms with Gasteiger partial charge in [-0.15, -0.1) is 0 Å². The Morgan fingerprint density at radius 2 is 1.72 bits per heavy atom. The zero-order valence-corrected chi connectivity index (χ0v) is 12.0. The van der Waals surface area contributed by atoms with Gasteiger partial charge in [0.25, 0.3) is 5.91 Å². The molecule has 0 aromatic heterocycles. The van der Waals surface area contributed by atoms with Gasteiger partial charge in [0.05, 0.1) is 0 Å². The van der Waals surface area contributed by atoms with Gasteiger partial charge in [-0.1, -0.05) is 20.8 Å². The third-order valence-corrected chi connectivity index (χ3v) is 3.12. The van der Waals surface area contributed by atoms with Crippen molar-refractivity contribution >= 4 is 11.8 Å². The van der Waals surface area contributed by atoms with E-state index >= 15 is 0 Å². The largest absolute Gasteiger partial charge is 0.351 e. The quantitative estimate of drug-likeness (QED) is 0.370. The minimum atomic E-state index is -0.830. The number of carbonyl (C=O) groups excluding carboxylic acids is 2. The lowest BCUT2D eigenvalue weighted by Crippen LogP contribution is -2.49. The Balaban J connectivity index is 4.65. The molecule has 0 aliphatic carbocycles. The summed E-state index contributed by atoms with van der Waals surface area (Å²) in [7, 11) is 0. The summed E-state index contributed by atoms with van der Waals surface area (Å²) in [4.78, 5) is 23.6. The van der Waals surface area contributed by atoms with Crippen LogP contribution in [0.15, 0.2) is 0 Å². The van der Waals surface area contributed by atoms with E-state index in [9.17, 15) is 9.59 Å². The van der Waals surface area contributed by atoms with E-state index < -0.39 is 11.8 Å². The summed E-state index contributed by atoms with van der Waals surface area (Å²) in [5.74, 6) is -1.39. The van der Waals surface area contributed by atoms with E-state index in [0.29, 0.717) is 12.3 Å². The molecule has 5 nitrogen and oxygen atoms in total. The zero-order chi connectivity index (χ0) is 14.3. The van der Waals surface area contributed by atoms with E-state index in [-0.39, 0.29) is 11.4 Å². The first kappa shape index (κ1) is 16.9. The van der Waals surface area contributed by atoms with Gasteiger partial charge in [-0.2, -0.15) is 0 Å². The lowest BCUT2D eigenvalue weighted by molar-refractivity contribution is -0.141. The normalized spacial score (nSPS) is 13.3. The highest BCUT2D eigenvalue weighted by atomic mass is 16.5. The maximum absolute atomic E-state index is 12.0. The van der Waals surface area contributed by atoms with Crippen molar-refractivity contribution in [3.05, 3.63) is 0 Å². The first-order valence-electron chi connectivity index (χ1n) is 6.49. The summed E-state index contributed by atoms with van der Waals surface area (Å²) in [6, 6.07) is 0. The van der Waals surface area contributed by atoms with Crippen LogP contribution in [0.5, 0.6) is 0 Å². The summed E-state index contributed by atoms with van der Waals surface area (Å²) in [6.45, 7) is 9.83. The molecule has 1 atom stereocenters. The number of hydrogen-bond acceptors (Lipinski definition) is 3. The van der Waals surface area contributed by atoms with E-state index in [4.69, 9.17) is 5.21 Å². The van der Waals surface area contributed by atoms with Crippen molar-refractivity contribution in [3.8, 4) is 0 Å². The van der Waals surface area contributed by atoms with Gasteiger partial charge in [-0.3, -0.25) is 14.8 Å². The lowest BCUT2D eigenvalue weighted by atomic mass is 9.94. The second-order valence-corrected chi connectivity index (χ2v) is 5.73. The van der Waals surface area contributed by atoms with E-state index in [1.54, 1.807) is 5.48 Å². The first-order chi connectivity index (χ1) is 8.23. The molecule has 0 rings (SSSR count). The van der Waals surface area contributed by atoms with Crippen LogP contribution in [0.4, 0.5) is 0 Å². The van der Waals surface area contributed by atoms with E-state index in [1.807, 2.05) is 34.6 Å². The fraction of sp³-hybridized carbons (Fsp3) is 0.846. The molecule has 106 valence electrons. The van der Waals surface area contributed by atoms with Crippen LogP contribution in [0.1, 0.15) is 53.9 Å². The zero-order valence-electron chi connectivity index (χ0n) is 12.0. The molecular formula is C13H26N2O3. The van der Waals surface area contributed by atoms with Crippen molar-refractivity contribution in [3.63, 3.8) is 0 Å². The molecule has 0 spiro atoms. The Morgan fingerprint density at radius 3 is 2.11 bits per heavy atom. The van der Waals surface area contributed by atoms with Gasteiger partial charge in [-0.05, 0) is 39.0 Å². The molecule has 0 fully saturated rings. The second kappa shape index (κ2) is 7.36. The average molecular weight is 258 g/mol. The number of amides is 2. The summed E-state index contributed by atoms with van der Waals surface area (Å²) < 4.78 is 0. The number of carbonyl (C=O) groups is 2. The summed E-state index contributed by atoms with van der Waals surface area (Å²) in [5.41, 5.74) is 1.23. The number of rotatable bonds is 7. The SMILES string of the molecule is CCC(C)(C)NC(=O)C(CCC(C)C)C(=O)NO. The van der Waals surface area contributed by atoms with Gasteiger partial charge in [0, 0.05) is 5.54 Å². The number of hydrogen-bond donors (Lipinski definition) is 3. The fourth-order valence-corrected chi connectivity index (χ4v) is 1.47. The molecule has 0 aromatic rings. The van der Waals surface area contributed by atoms with Gasteiger partial charge >= 0.3 is 0 Å². The van der Waals surface area contributed by atoms with E-state index in [0.717, 1.165) is 12.8 Å². The molecule has 3 N–H and O–H groups in total. The number of hydroxylamine groups is 1. The van der Waals surface area contributed by atoms with Crippen molar-refractivity contribution in [2.45, 2.75) is 59.4 Å². The highest BCUT2D eigenvalue weighted by Crippen LogP contribution is 2.15. The van der Waals surface area contributed by atoms with Crippen LogP contribution in [0.3, 0.4) is 0 Å². The summed E-state index contributed by atoms with van der Waals surface area (Å²) in [5, 5.41) is 11.5. The smallest absolute Gasteiger partial charge is 0.255 e. The van der Waals surface area contributed by atoms with Crippen LogP contribution < -0.4 is 10.8 Å².